The molecule has 25 heavy (non-hydrogen) atoms. The van der Waals surface area contributed by atoms with Crippen molar-refractivity contribution in [3.63, 3.8) is 0 Å². The van der Waals surface area contributed by atoms with E-state index in [1.807, 2.05) is 18.5 Å². The van der Waals surface area contributed by atoms with E-state index in [4.69, 9.17) is 4.42 Å². The zero-order chi connectivity index (χ0) is 17.3. The Morgan fingerprint density at radius 3 is 2.48 bits per heavy atom. The number of aryl methyl sites for hydroxylation is 2. The summed E-state index contributed by atoms with van der Waals surface area (Å²) in [6, 6.07) is 3.94. The summed E-state index contributed by atoms with van der Waals surface area (Å²) in [7, 11) is 0. The van der Waals surface area contributed by atoms with Crippen molar-refractivity contribution in [2.45, 2.75) is 64.7 Å². The van der Waals surface area contributed by atoms with Crippen LogP contribution in [-0.4, -0.2) is 23.1 Å². The third-order valence-electron chi connectivity index (χ3n) is 5.43. The molecule has 136 valence electrons. The highest BCUT2D eigenvalue weighted by Gasteiger charge is 2.20. The van der Waals surface area contributed by atoms with Crippen LogP contribution in [0.1, 0.15) is 62.7 Å². The molecule has 0 aromatic carbocycles. The number of aromatic nitrogens is 2. The minimum atomic E-state index is 0.894. The smallest absolute Gasteiger partial charge is 0.225 e. The van der Waals surface area contributed by atoms with E-state index in [1.165, 1.54) is 62.7 Å². The Hall–Kier alpha value is -1.84. The highest BCUT2D eigenvalue weighted by Crippen LogP contribution is 2.25. The lowest BCUT2D eigenvalue weighted by atomic mass is 9.91. The first kappa shape index (κ1) is 18.0. The summed E-state index contributed by atoms with van der Waals surface area (Å²) >= 11 is 0. The largest absolute Gasteiger partial charge is 0.469 e. The number of hydrogen-bond donors (Lipinski definition) is 0. The van der Waals surface area contributed by atoms with Crippen LogP contribution in [0.2, 0.25) is 0 Å². The van der Waals surface area contributed by atoms with Crippen LogP contribution in [0, 0.1) is 12.8 Å². The van der Waals surface area contributed by atoms with Gasteiger partial charge in [0.25, 0.3) is 0 Å². The van der Waals surface area contributed by atoms with Gasteiger partial charge in [-0.3, -0.25) is 0 Å². The van der Waals surface area contributed by atoms with Gasteiger partial charge >= 0.3 is 0 Å². The minimum Gasteiger partial charge on any atom is -0.469 e. The Balaban J connectivity index is 1.22. The molecule has 2 aromatic heterocycles. The second-order valence-corrected chi connectivity index (χ2v) is 7.31. The Morgan fingerprint density at radius 2 is 1.76 bits per heavy atom. The highest BCUT2D eigenvalue weighted by atomic mass is 16.3. The highest BCUT2D eigenvalue weighted by molar-refractivity contribution is 5.28. The molecule has 0 radical (unpaired) electrons. The predicted octanol–water partition coefficient (Wildman–Crippen LogP) is 5.18. The summed E-state index contributed by atoms with van der Waals surface area (Å²) in [6.07, 6.45) is 17.2. The quantitative estimate of drug-likeness (QED) is 0.590. The first-order chi connectivity index (χ1) is 12.3. The molecule has 1 aliphatic rings. The second kappa shape index (κ2) is 9.59. The van der Waals surface area contributed by atoms with E-state index in [0.717, 1.165) is 31.4 Å². The lowest BCUT2D eigenvalue weighted by Crippen LogP contribution is -2.34. The molecule has 3 rings (SSSR count). The van der Waals surface area contributed by atoms with Crippen LogP contribution in [-0.2, 0) is 6.42 Å². The van der Waals surface area contributed by atoms with Crippen molar-refractivity contribution in [3.8, 4) is 0 Å². The molecule has 0 saturated carbocycles. The fourth-order valence-electron chi connectivity index (χ4n) is 3.79. The average Bonchev–Trinajstić information content (AvgIpc) is 3.07. The Bertz CT molecular complexity index is 603. The predicted molar refractivity (Wildman–Crippen MR) is 102 cm³/mol. The van der Waals surface area contributed by atoms with Crippen LogP contribution >= 0.6 is 0 Å². The van der Waals surface area contributed by atoms with Gasteiger partial charge in [0.05, 0.1) is 6.26 Å². The molecule has 2 aromatic rings. The second-order valence-electron chi connectivity index (χ2n) is 7.31. The lowest BCUT2D eigenvalue weighted by Gasteiger charge is -2.31. The number of rotatable bonds is 9. The third-order valence-corrected chi connectivity index (χ3v) is 5.43. The number of unbranched alkanes of at least 4 members (excludes halogenated alkanes) is 4. The number of piperidine rings is 1. The van der Waals surface area contributed by atoms with Crippen LogP contribution in [0.25, 0.3) is 0 Å². The van der Waals surface area contributed by atoms with Crippen molar-refractivity contribution in [2.75, 3.05) is 18.0 Å². The first-order valence-corrected chi connectivity index (χ1v) is 9.88. The van der Waals surface area contributed by atoms with Crippen molar-refractivity contribution < 1.29 is 4.42 Å². The summed E-state index contributed by atoms with van der Waals surface area (Å²) < 4.78 is 5.50. The summed E-state index contributed by atoms with van der Waals surface area (Å²) in [5.74, 6) is 2.97. The molecule has 1 aliphatic heterocycles. The van der Waals surface area contributed by atoms with Crippen LogP contribution in [0.15, 0.2) is 35.2 Å². The normalized spacial score (nSPS) is 15.6. The maximum Gasteiger partial charge on any atom is 0.225 e. The van der Waals surface area contributed by atoms with Crippen LogP contribution < -0.4 is 4.90 Å². The van der Waals surface area contributed by atoms with Crippen LogP contribution in [0.4, 0.5) is 5.95 Å². The molecule has 4 nitrogen and oxygen atoms in total. The average molecular weight is 341 g/mol. The first-order valence-electron chi connectivity index (χ1n) is 9.88. The van der Waals surface area contributed by atoms with Gasteiger partial charge in [-0.05, 0) is 49.8 Å². The molecular weight excluding hydrogens is 310 g/mol. The van der Waals surface area contributed by atoms with Crippen LogP contribution in [0.5, 0.6) is 0 Å². The fraction of sp³-hybridized carbons (Fsp3) is 0.619. The van der Waals surface area contributed by atoms with Gasteiger partial charge in [0.1, 0.15) is 5.76 Å². The van der Waals surface area contributed by atoms with Crippen molar-refractivity contribution in [1.82, 2.24) is 9.97 Å². The SMILES string of the molecule is Cc1ccoc1CCCCCCCC1CCN(c2ncccn2)CC1. The number of hydrogen-bond acceptors (Lipinski definition) is 4. The van der Waals surface area contributed by atoms with Gasteiger partial charge in [-0.1, -0.05) is 32.1 Å². The van der Waals surface area contributed by atoms with E-state index in [9.17, 15) is 0 Å². The molecule has 3 heterocycles. The molecule has 0 unspecified atom stereocenters. The van der Waals surface area contributed by atoms with E-state index in [2.05, 4.69) is 27.9 Å². The molecular formula is C21H31N3O. The summed E-state index contributed by atoms with van der Waals surface area (Å²) in [4.78, 5) is 11.1. The summed E-state index contributed by atoms with van der Waals surface area (Å²) in [5, 5.41) is 0. The minimum absolute atomic E-state index is 0.894. The zero-order valence-electron chi connectivity index (χ0n) is 15.5. The maximum atomic E-state index is 5.50. The van der Waals surface area contributed by atoms with Gasteiger partial charge in [-0.2, -0.15) is 0 Å². The van der Waals surface area contributed by atoms with E-state index >= 15 is 0 Å². The standard InChI is InChI=1S/C21H31N3O/c1-18-12-17-25-20(18)9-6-4-2-3-5-8-19-10-15-24(16-11-19)21-22-13-7-14-23-21/h7,12-14,17,19H,2-6,8-11,15-16H2,1H3. The van der Waals surface area contributed by atoms with Crippen molar-refractivity contribution >= 4 is 5.95 Å². The van der Waals surface area contributed by atoms with E-state index in [1.54, 1.807) is 6.26 Å². The van der Waals surface area contributed by atoms with Gasteiger partial charge < -0.3 is 9.32 Å². The topological polar surface area (TPSA) is 42.2 Å². The summed E-state index contributed by atoms with van der Waals surface area (Å²) in [6.45, 7) is 4.35. The lowest BCUT2D eigenvalue weighted by molar-refractivity contribution is 0.363. The molecule has 0 amide bonds. The van der Waals surface area contributed by atoms with E-state index in [0.29, 0.717) is 0 Å². The maximum absolute atomic E-state index is 5.50. The summed E-state index contributed by atoms with van der Waals surface area (Å²) in [5.41, 5.74) is 1.30. The van der Waals surface area contributed by atoms with Gasteiger partial charge in [-0.15, -0.1) is 0 Å². The zero-order valence-corrected chi connectivity index (χ0v) is 15.5. The monoisotopic (exact) mass is 341 g/mol. The van der Waals surface area contributed by atoms with Crippen molar-refractivity contribution in [1.29, 1.82) is 0 Å². The molecule has 1 fully saturated rings. The molecule has 4 heteroatoms. The van der Waals surface area contributed by atoms with E-state index < -0.39 is 0 Å². The van der Waals surface area contributed by atoms with Gasteiger partial charge in [0.2, 0.25) is 5.95 Å². The Kier molecular flexibility index (Phi) is 6.89. The number of anilines is 1. The molecule has 0 bridgehead atoms. The van der Waals surface area contributed by atoms with E-state index in [-0.39, 0.29) is 0 Å². The fourth-order valence-corrected chi connectivity index (χ4v) is 3.79. The van der Waals surface area contributed by atoms with Gasteiger partial charge in [-0.25, -0.2) is 9.97 Å². The van der Waals surface area contributed by atoms with Gasteiger partial charge in [0, 0.05) is 31.9 Å². The van der Waals surface area contributed by atoms with Crippen LogP contribution in [0.3, 0.4) is 0 Å². The Morgan fingerprint density at radius 1 is 1.04 bits per heavy atom. The molecule has 1 saturated heterocycles. The Labute approximate surface area is 151 Å². The molecule has 0 spiro atoms. The van der Waals surface area contributed by atoms with Gasteiger partial charge in [0.15, 0.2) is 0 Å². The van der Waals surface area contributed by atoms with Crippen molar-refractivity contribution in [3.05, 3.63) is 42.1 Å². The molecule has 0 aliphatic carbocycles. The van der Waals surface area contributed by atoms with Crippen molar-refractivity contribution in [2.24, 2.45) is 5.92 Å². The molecule has 0 N–H and O–H groups in total. The third kappa shape index (κ3) is 5.58. The number of nitrogens with zero attached hydrogens (tertiary/aromatic N) is 3. The number of furan rings is 1. The molecule has 0 atom stereocenters.